The van der Waals surface area contributed by atoms with Gasteiger partial charge in [-0.3, -0.25) is 4.99 Å². The maximum absolute atomic E-state index is 13.0. The average Bonchev–Trinajstić information content (AvgIpc) is 2.60. The van der Waals surface area contributed by atoms with Crippen LogP contribution in [0.25, 0.3) is 0 Å². The largest absolute Gasteiger partial charge is 0.284 e. The van der Waals surface area contributed by atoms with Crippen LogP contribution in [0.5, 0.6) is 0 Å². The van der Waals surface area contributed by atoms with Crippen LogP contribution in [-0.4, -0.2) is 39.8 Å². The number of sulfone groups is 2. The van der Waals surface area contributed by atoms with Gasteiger partial charge < -0.3 is 0 Å². The van der Waals surface area contributed by atoms with Crippen molar-refractivity contribution in [3.8, 4) is 0 Å². The maximum atomic E-state index is 13.0. The van der Waals surface area contributed by atoms with Crippen molar-refractivity contribution in [3.63, 3.8) is 0 Å². The minimum absolute atomic E-state index is 0.0303. The van der Waals surface area contributed by atoms with Gasteiger partial charge in [0.15, 0.2) is 0 Å². The number of hydrogen-bond acceptors (Lipinski definition) is 6. The normalized spacial score (nSPS) is 13.2. The molecule has 2 aromatic carbocycles. The third-order valence-corrected chi connectivity index (χ3v) is 9.43. The lowest BCUT2D eigenvalue weighted by molar-refractivity contribution is 0.584. The van der Waals surface area contributed by atoms with Crippen molar-refractivity contribution in [3.05, 3.63) is 60.7 Å². The summed E-state index contributed by atoms with van der Waals surface area (Å²) in [4.78, 5) is 3.81. The van der Waals surface area contributed by atoms with E-state index >= 15 is 0 Å². The molecule has 0 aliphatic rings. The summed E-state index contributed by atoms with van der Waals surface area (Å²) in [5.74, 6) is 0. The van der Waals surface area contributed by atoms with Crippen molar-refractivity contribution in [1.82, 2.24) is 0 Å². The van der Waals surface area contributed by atoms with Crippen LogP contribution in [0.15, 0.2) is 75.4 Å². The third-order valence-electron chi connectivity index (χ3n) is 3.34. The van der Waals surface area contributed by atoms with Crippen LogP contribution in [0.2, 0.25) is 0 Å². The highest BCUT2D eigenvalue weighted by Gasteiger charge is 2.43. The smallest absolute Gasteiger partial charge is 0.218 e. The van der Waals surface area contributed by atoms with Crippen molar-refractivity contribution < 1.29 is 16.8 Å². The zero-order chi connectivity index (χ0) is 17.8. The Kier molecular flexibility index (Phi) is 5.84. The molecule has 0 amide bonds. The highest BCUT2D eigenvalue weighted by molar-refractivity contribution is 8.19. The van der Waals surface area contributed by atoms with Crippen LogP contribution >= 0.6 is 11.8 Å². The molecule has 0 bridgehead atoms. The fourth-order valence-corrected chi connectivity index (χ4v) is 8.22. The Labute approximate surface area is 146 Å². The molecule has 128 valence electrons. The monoisotopic (exact) mass is 383 g/mol. The summed E-state index contributed by atoms with van der Waals surface area (Å²) in [5.41, 5.74) is 0. The summed E-state index contributed by atoms with van der Waals surface area (Å²) in [6, 6.07) is 15.1. The fraction of sp³-hybridized carbons (Fsp3) is 0.188. The predicted molar refractivity (Wildman–Crippen MR) is 97.9 cm³/mol. The molecule has 0 unspecified atom stereocenters. The second-order valence-corrected chi connectivity index (χ2v) is 10.0. The minimum Gasteiger partial charge on any atom is -0.284 e. The molecule has 0 heterocycles. The van der Waals surface area contributed by atoms with E-state index in [1.807, 2.05) is 0 Å². The highest BCUT2D eigenvalue weighted by Crippen LogP contribution is 2.29. The van der Waals surface area contributed by atoms with E-state index in [-0.39, 0.29) is 14.8 Å². The minimum atomic E-state index is -4.17. The van der Waals surface area contributed by atoms with Crippen molar-refractivity contribution in [2.24, 2.45) is 4.99 Å². The predicted octanol–water partition coefficient (Wildman–Crippen LogP) is 2.65. The molecule has 2 rings (SSSR count). The van der Waals surface area contributed by atoms with Gasteiger partial charge in [-0.1, -0.05) is 36.4 Å². The van der Waals surface area contributed by atoms with Crippen molar-refractivity contribution in [1.29, 1.82) is 0 Å². The van der Waals surface area contributed by atoms with Gasteiger partial charge in [0, 0.05) is 7.05 Å². The molecule has 24 heavy (non-hydrogen) atoms. The first-order valence-electron chi connectivity index (χ1n) is 6.94. The first-order valence-corrected chi connectivity index (χ1v) is 11.3. The number of hydrogen-bond donors (Lipinski definition) is 0. The Morgan fingerprint density at radius 1 is 0.833 bits per heavy atom. The van der Waals surface area contributed by atoms with Crippen molar-refractivity contribution >= 4 is 36.5 Å². The average molecular weight is 384 g/mol. The van der Waals surface area contributed by atoms with Gasteiger partial charge in [0.25, 0.3) is 0 Å². The molecule has 5 nitrogen and oxygen atoms in total. The van der Waals surface area contributed by atoms with Gasteiger partial charge in [-0.2, -0.15) is 0 Å². The lowest BCUT2D eigenvalue weighted by Gasteiger charge is -2.19. The van der Waals surface area contributed by atoms with Gasteiger partial charge in [0.05, 0.1) is 9.79 Å². The Bertz CT molecular complexity index is 852. The van der Waals surface area contributed by atoms with Crippen LogP contribution in [0.3, 0.4) is 0 Å². The summed E-state index contributed by atoms with van der Waals surface area (Å²) in [5, 5.41) is 0.0303. The van der Waals surface area contributed by atoms with E-state index in [1.54, 1.807) is 42.7 Å². The van der Waals surface area contributed by atoms with Crippen LogP contribution in [0.1, 0.15) is 0 Å². The molecule has 2 aromatic rings. The zero-order valence-electron chi connectivity index (χ0n) is 13.2. The lowest BCUT2D eigenvalue weighted by atomic mass is 10.4. The molecule has 0 saturated carbocycles. The standard InChI is InChI=1S/C16H17NO4S3/c1-17-15(22-2)16(23(18,19)13-9-5-3-6-10-13)24(20,21)14-11-7-4-8-12-14/h3-12,16H,1-2H3. The van der Waals surface area contributed by atoms with Gasteiger partial charge >= 0.3 is 0 Å². The summed E-state index contributed by atoms with van der Waals surface area (Å²) in [6.07, 6.45) is 1.61. The number of nitrogens with zero attached hydrogens (tertiary/aromatic N) is 1. The van der Waals surface area contributed by atoms with Gasteiger partial charge in [-0.25, -0.2) is 16.8 Å². The first-order chi connectivity index (χ1) is 11.4. The van der Waals surface area contributed by atoms with Gasteiger partial charge in [0.1, 0.15) is 5.04 Å². The molecular formula is C16H17NO4S3. The molecular weight excluding hydrogens is 366 g/mol. The molecule has 0 saturated heterocycles. The van der Waals surface area contributed by atoms with Gasteiger partial charge in [-0.05, 0) is 30.5 Å². The number of aliphatic imine (C=N–C) groups is 1. The van der Waals surface area contributed by atoms with Crippen molar-refractivity contribution in [2.45, 2.75) is 14.4 Å². The van der Waals surface area contributed by atoms with Crippen LogP contribution in [0.4, 0.5) is 0 Å². The third kappa shape index (κ3) is 3.55. The summed E-state index contributed by atoms with van der Waals surface area (Å²) < 4.78 is 50.4. The molecule has 0 N–H and O–H groups in total. The topological polar surface area (TPSA) is 80.6 Å². The zero-order valence-corrected chi connectivity index (χ0v) is 15.6. The number of benzene rings is 2. The lowest BCUT2D eigenvalue weighted by Crippen LogP contribution is -2.36. The molecule has 0 atom stereocenters. The summed E-state index contributed by atoms with van der Waals surface area (Å²) >= 11 is 1.01. The van der Waals surface area contributed by atoms with E-state index in [1.165, 1.54) is 31.3 Å². The van der Waals surface area contributed by atoms with E-state index in [0.717, 1.165) is 11.8 Å². The van der Waals surface area contributed by atoms with Crippen LogP contribution in [-0.2, 0) is 19.7 Å². The van der Waals surface area contributed by atoms with E-state index in [9.17, 15) is 16.8 Å². The van der Waals surface area contributed by atoms with Crippen LogP contribution < -0.4 is 0 Å². The molecule has 0 aliphatic carbocycles. The first kappa shape index (κ1) is 18.7. The van der Waals surface area contributed by atoms with Crippen molar-refractivity contribution in [2.75, 3.05) is 13.3 Å². The highest BCUT2D eigenvalue weighted by atomic mass is 32.3. The maximum Gasteiger partial charge on any atom is 0.218 e. The number of thioether (sulfide) groups is 1. The molecule has 0 radical (unpaired) electrons. The summed E-state index contributed by atoms with van der Waals surface area (Å²) in [6.45, 7) is 0. The Morgan fingerprint density at radius 3 is 1.50 bits per heavy atom. The van der Waals surface area contributed by atoms with Gasteiger partial charge in [0.2, 0.25) is 24.3 Å². The number of rotatable bonds is 5. The SMILES string of the molecule is CN=C(SC)C(S(=O)(=O)c1ccccc1)S(=O)(=O)c1ccccc1. The Hall–Kier alpha value is -1.64. The molecule has 0 aromatic heterocycles. The van der Waals surface area contributed by atoms with Gasteiger partial charge in [-0.15, -0.1) is 11.8 Å². The van der Waals surface area contributed by atoms with Crippen LogP contribution in [0, 0.1) is 0 Å². The second kappa shape index (κ2) is 7.50. The Morgan fingerprint density at radius 2 is 1.21 bits per heavy atom. The van der Waals surface area contributed by atoms with E-state index < -0.39 is 24.3 Å². The van der Waals surface area contributed by atoms with E-state index in [2.05, 4.69) is 4.99 Å². The Balaban J connectivity index is 2.72. The van der Waals surface area contributed by atoms with E-state index in [4.69, 9.17) is 0 Å². The van der Waals surface area contributed by atoms with E-state index in [0.29, 0.717) is 0 Å². The molecule has 0 aliphatic heterocycles. The fourth-order valence-electron chi connectivity index (χ4n) is 2.19. The molecule has 0 fully saturated rings. The second-order valence-electron chi connectivity index (χ2n) is 4.81. The quantitative estimate of drug-likeness (QED) is 0.586. The molecule has 0 spiro atoms. The summed E-state index contributed by atoms with van der Waals surface area (Å²) in [7, 11) is -6.95. The molecule has 8 heteroatoms.